The number of hydrogen-bond donors (Lipinski definition) is 1. The number of nitrogens with zero attached hydrogens (tertiary/aromatic N) is 2. The highest BCUT2D eigenvalue weighted by molar-refractivity contribution is 7.14. The zero-order valence-corrected chi connectivity index (χ0v) is 15.9. The van der Waals surface area contributed by atoms with Crippen molar-refractivity contribution < 1.29 is 4.74 Å². The number of fused-ring (bicyclic) bond motifs is 1. The Morgan fingerprint density at radius 2 is 2.15 bits per heavy atom. The van der Waals surface area contributed by atoms with E-state index in [1.807, 2.05) is 29.6 Å². The number of ether oxygens (including phenoxy) is 1. The van der Waals surface area contributed by atoms with Crippen LogP contribution < -0.4 is 10.3 Å². The van der Waals surface area contributed by atoms with Gasteiger partial charge in [-0.2, -0.15) is 0 Å². The molecule has 0 spiro atoms. The van der Waals surface area contributed by atoms with Gasteiger partial charge in [-0.05, 0) is 48.6 Å². The summed E-state index contributed by atoms with van der Waals surface area (Å²) in [7, 11) is 0. The van der Waals surface area contributed by atoms with E-state index in [9.17, 15) is 4.79 Å². The van der Waals surface area contributed by atoms with Crippen LogP contribution in [0.15, 0.2) is 52.8 Å². The number of benzene rings is 1. The molecule has 0 bridgehead atoms. The first kappa shape index (κ1) is 16.6. The van der Waals surface area contributed by atoms with Gasteiger partial charge >= 0.3 is 0 Å². The van der Waals surface area contributed by atoms with Gasteiger partial charge in [-0.1, -0.05) is 11.6 Å². The van der Waals surface area contributed by atoms with Crippen molar-refractivity contribution in [2.45, 2.75) is 25.4 Å². The second-order valence-electron chi connectivity index (χ2n) is 6.72. The predicted octanol–water partition coefficient (Wildman–Crippen LogP) is 4.89. The van der Waals surface area contributed by atoms with E-state index >= 15 is 0 Å². The average Bonchev–Trinajstić information content (AvgIpc) is 3.29. The minimum atomic E-state index is -0.142. The lowest BCUT2D eigenvalue weighted by Crippen LogP contribution is -2.16. The van der Waals surface area contributed by atoms with Crippen molar-refractivity contribution in [3.63, 3.8) is 0 Å². The van der Waals surface area contributed by atoms with Crippen molar-refractivity contribution in [3.8, 4) is 11.4 Å². The topological polar surface area (TPSA) is 59.9 Å². The first-order valence-electron chi connectivity index (χ1n) is 8.74. The van der Waals surface area contributed by atoms with E-state index in [1.165, 1.54) is 30.2 Å². The van der Waals surface area contributed by atoms with Gasteiger partial charge in [0.05, 0.1) is 21.1 Å². The van der Waals surface area contributed by atoms with Crippen molar-refractivity contribution in [2.24, 2.45) is 0 Å². The molecule has 5 rings (SSSR count). The van der Waals surface area contributed by atoms with Crippen LogP contribution in [0.25, 0.3) is 16.7 Å². The second kappa shape index (κ2) is 6.55. The third-order valence-corrected chi connectivity index (χ3v) is 5.78. The number of thiophene rings is 1. The van der Waals surface area contributed by atoms with Crippen LogP contribution >= 0.6 is 22.9 Å². The molecule has 1 aromatic carbocycles. The van der Waals surface area contributed by atoms with E-state index in [0.29, 0.717) is 18.3 Å². The third kappa shape index (κ3) is 3.38. The van der Waals surface area contributed by atoms with Gasteiger partial charge in [-0.25, -0.2) is 4.98 Å². The van der Waals surface area contributed by atoms with Crippen LogP contribution in [0.5, 0.6) is 5.75 Å². The smallest absolute Gasteiger partial charge is 0.258 e. The molecule has 3 heterocycles. The van der Waals surface area contributed by atoms with Crippen molar-refractivity contribution >= 4 is 34.0 Å². The molecule has 27 heavy (non-hydrogen) atoms. The standard InChI is InChI=1S/C20H16ClN3O2S/c21-18-7-12(11-27-18)10-26-15-5-6-24(19(25)9-15)14-3-4-16-17(8-14)23-20(22-16)13-1-2-13/h3-9,11,13H,1-2,10H2,(H,22,23). The molecule has 136 valence electrons. The van der Waals surface area contributed by atoms with Crippen LogP contribution in [0.4, 0.5) is 0 Å². The number of imidazole rings is 1. The summed E-state index contributed by atoms with van der Waals surface area (Å²) in [6.07, 6.45) is 4.13. The fourth-order valence-corrected chi connectivity index (χ4v) is 3.96. The minimum Gasteiger partial charge on any atom is -0.489 e. The molecule has 1 fully saturated rings. The van der Waals surface area contributed by atoms with Crippen molar-refractivity contribution in [2.75, 3.05) is 0 Å². The van der Waals surface area contributed by atoms with Crippen LogP contribution in [0.2, 0.25) is 4.34 Å². The molecule has 1 N–H and O–H groups in total. The summed E-state index contributed by atoms with van der Waals surface area (Å²) in [5.74, 6) is 2.15. The summed E-state index contributed by atoms with van der Waals surface area (Å²) >= 11 is 7.38. The van der Waals surface area contributed by atoms with Crippen molar-refractivity contribution in [1.82, 2.24) is 14.5 Å². The Balaban J connectivity index is 1.39. The predicted molar refractivity (Wildman–Crippen MR) is 107 cm³/mol. The first-order valence-corrected chi connectivity index (χ1v) is 10.00. The van der Waals surface area contributed by atoms with Crippen molar-refractivity contribution in [3.05, 3.63) is 74.1 Å². The van der Waals surface area contributed by atoms with Crippen LogP contribution in [0.3, 0.4) is 0 Å². The van der Waals surface area contributed by atoms with Gasteiger partial charge in [-0.3, -0.25) is 9.36 Å². The Bertz CT molecular complexity index is 1190. The van der Waals surface area contributed by atoms with Gasteiger partial charge in [0.15, 0.2) is 0 Å². The molecule has 7 heteroatoms. The fourth-order valence-electron chi connectivity index (χ4n) is 3.07. The molecule has 4 aromatic rings. The van der Waals surface area contributed by atoms with E-state index in [-0.39, 0.29) is 5.56 Å². The number of hydrogen-bond acceptors (Lipinski definition) is 4. The van der Waals surface area contributed by atoms with Gasteiger partial charge in [0.2, 0.25) is 0 Å². The van der Waals surface area contributed by atoms with Crippen LogP contribution in [0.1, 0.15) is 30.1 Å². The Morgan fingerprint density at radius 3 is 2.89 bits per heavy atom. The number of H-pyrrole nitrogens is 1. The summed E-state index contributed by atoms with van der Waals surface area (Å²) < 4.78 is 8.03. The third-order valence-electron chi connectivity index (χ3n) is 4.64. The maximum Gasteiger partial charge on any atom is 0.258 e. The SMILES string of the molecule is O=c1cc(OCc2csc(Cl)c2)ccn1-c1ccc2nc(C3CC3)[nH]c2c1. The zero-order valence-electron chi connectivity index (χ0n) is 14.3. The molecule has 0 amide bonds. The fraction of sp³-hybridized carbons (Fsp3) is 0.200. The number of aromatic nitrogens is 3. The first-order chi connectivity index (χ1) is 13.2. The zero-order chi connectivity index (χ0) is 18.4. The van der Waals surface area contributed by atoms with Gasteiger partial charge < -0.3 is 9.72 Å². The molecule has 0 unspecified atom stereocenters. The number of halogens is 1. The lowest BCUT2D eigenvalue weighted by Gasteiger charge is -2.08. The summed E-state index contributed by atoms with van der Waals surface area (Å²) in [6, 6.07) is 11.0. The molecule has 1 saturated carbocycles. The van der Waals surface area contributed by atoms with E-state index in [0.717, 1.165) is 32.4 Å². The van der Waals surface area contributed by atoms with E-state index in [2.05, 4.69) is 9.97 Å². The average molecular weight is 398 g/mol. The maximum absolute atomic E-state index is 12.6. The molecule has 0 radical (unpaired) electrons. The van der Waals surface area contributed by atoms with E-state index in [4.69, 9.17) is 16.3 Å². The quantitative estimate of drug-likeness (QED) is 0.521. The molecule has 1 aliphatic carbocycles. The Kier molecular flexibility index (Phi) is 4.02. The normalized spacial score (nSPS) is 14.0. The van der Waals surface area contributed by atoms with Gasteiger partial charge in [0.25, 0.3) is 5.56 Å². The molecule has 3 aromatic heterocycles. The highest BCUT2D eigenvalue weighted by Gasteiger charge is 2.26. The molecule has 0 aliphatic heterocycles. The molecule has 1 aliphatic rings. The van der Waals surface area contributed by atoms with Crippen LogP contribution in [0, 0.1) is 0 Å². The molecule has 0 atom stereocenters. The van der Waals surface area contributed by atoms with Crippen LogP contribution in [-0.2, 0) is 6.61 Å². The number of pyridine rings is 1. The lowest BCUT2D eigenvalue weighted by atomic mass is 10.2. The van der Waals surface area contributed by atoms with Crippen molar-refractivity contribution in [1.29, 1.82) is 0 Å². The van der Waals surface area contributed by atoms with Gasteiger partial charge in [-0.15, -0.1) is 11.3 Å². The van der Waals surface area contributed by atoms with Gasteiger partial charge in [0.1, 0.15) is 18.2 Å². The largest absolute Gasteiger partial charge is 0.489 e. The monoisotopic (exact) mass is 397 g/mol. The summed E-state index contributed by atoms with van der Waals surface area (Å²) in [5, 5.41) is 1.94. The highest BCUT2D eigenvalue weighted by Crippen LogP contribution is 2.39. The number of rotatable bonds is 5. The molecule has 0 saturated heterocycles. The number of aromatic amines is 1. The maximum atomic E-state index is 12.6. The lowest BCUT2D eigenvalue weighted by molar-refractivity contribution is 0.306. The summed E-state index contributed by atoms with van der Waals surface area (Å²) in [5.41, 5.74) is 3.54. The summed E-state index contributed by atoms with van der Waals surface area (Å²) in [6.45, 7) is 0.386. The molecular formula is C20H16ClN3O2S. The summed E-state index contributed by atoms with van der Waals surface area (Å²) in [4.78, 5) is 20.6. The molecular weight excluding hydrogens is 382 g/mol. The Labute approximate surface area is 164 Å². The Hall–Kier alpha value is -2.57. The number of nitrogens with one attached hydrogen (secondary N) is 1. The minimum absolute atomic E-state index is 0.142. The van der Waals surface area contributed by atoms with E-state index < -0.39 is 0 Å². The van der Waals surface area contributed by atoms with E-state index in [1.54, 1.807) is 16.8 Å². The molecule has 5 nitrogen and oxygen atoms in total. The Morgan fingerprint density at radius 1 is 1.26 bits per heavy atom. The van der Waals surface area contributed by atoms with Crippen LogP contribution in [-0.4, -0.2) is 14.5 Å². The second-order valence-corrected chi connectivity index (χ2v) is 8.26. The van der Waals surface area contributed by atoms with Gasteiger partial charge in [0, 0.05) is 23.7 Å². The highest BCUT2D eigenvalue weighted by atomic mass is 35.5.